The Kier molecular flexibility index (Phi) is 2.90. The van der Waals surface area contributed by atoms with Crippen molar-refractivity contribution in [2.75, 3.05) is 7.05 Å². The Hall–Kier alpha value is -0.0900. The highest BCUT2D eigenvalue weighted by Crippen LogP contribution is 2.22. The van der Waals surface area contributed by atoms with Crippen LogP contribution < -0.4 is 4.72 Å². The summed E-state index contributed by atoms with van der Waals surface area (Å²) in [7, 11) is -1.48. The summed E-state index contributed by atoms with van der Waals surface area (Å²) >= 11 is 0. The van der Waals surface area contributed by atoms with Crippen molar-refractivity contribution in [3.05, 3.63) is 0 Å². The van der Waals surface area contributed by atoms with Crippen LogP contribution in [0, 0.1) is 0 Å². The fraction of sp³-hybridized carbons (Fsp3) is 1.00. The Morgan fingerprint density at radius 1 is 1.18 bits per heavy atom. The first-order valence-corrected chi connectivity index (χ1v) is 5.64. The lowest BCUT2D eigenvalue weighted by atomic mass is 10.0. The van der Waals surface area contributed by atoms with E-state index < -0.39 is 10.0 Å². The standard InChI is InChI=1S/C7H15NO2S/c1-8-11(9,10)7-5-3-2-4-6-7/h7-8H,2-6H2,1H3. The molecule has 1 N–H and O–H groups in total. The third kappa shape index (κ3) is 2.17. The van der Waals surface area contributed by atoms with Gasteiger partial charge in [0.1, 0.15) is 0 Å². The van der Waals surface area contributed by atoms with Crippen molar-refractivity contribution in [1.82, 2.24) is 4.72 Å². The van der Waals surface area contributed by atoms with E-state index in [1.165, 1.54) is 13.5 Å². The van der Waals surface area contributed by atoms with E-state index in [9.17, 15) is 8.42 Å². The molecule has 0 spiro atoms. The van der Waals surface area contributed by atoms with E-state index in [1.807, 2.05) is 0 Å². The fourth-order valence-electron chi connectivity index (χ4n) is 1.54. The third-order valence-electron chi connectivity index (χ3n) is 2.28. The second kappa shape index (κ2) is 3.54. The molecule has 0 bridgehead atoms. The highest BCUT2D eigenvalue weighted by molar-refractivity contribution is 7.90. The van der Waals surface area contributed by atoms with Crippen molar-refractivity contribution in [3.8, 4) is 0 Å². The van der Waals surface area contributed by atoms with Crippen LogP contribution >= 0.6 is 0 Å². The van der Waals surface area contributed by atoms with E-state index in [2.05, 4.69) is 4.72 Å². The van der Waals surface area contributed by atoms with Gasteiger partial charge in [0.05, 0.1) is 5.25 Å². The van der Waals surface area contributed by atoms with E-state index in [0.29, 0.717) is 0 Å². The van der Waals surface area contributed by atoms with Gasteiger partial charge in [-0.25, -0.2) is 13.1 Å². The summed E-state index contributed by atoms with van der Waals surface area (Å²) < 4.78 is 24.9. The van der Waals surface area contributed by atoms with Crippen molar-refractivity contribution in [2.45, 2.75) is 37.4 Å². The second-order valence-electron chi connectivity index (χ2n) is 3.01. The summed E-state index contributed by atoms with van der Waals surface area (Å²) in [4.78, 5) is 0. The summed E-state index contributed by atoms with van der Waals surface area (Å²) in [5.74, 6) is 0. The molecular weight excluding hydrogens is 162 g/mol. The van der Waals surface area contributed by atoms with Crippen molar-refractivity contribution in [2.24, 2.45) is 0 Å². The molecule has 0 heterocycles. The van der Waals surface area contributed by atoms with E-state index in [4.69, 9.17) is 0 Å². The van der Waals surface area contributed by atoms with E-state index in [0.717, 1.165) is 25.7 Å². The van der Waals surface area contributed by atoms with Crippen LogP contribution in [0.3, 0.4) is 0 Å². The van der Waals surface area contributed by atoms with Gasteiger partial charge in [-0.1, -0.05) is 19.3 Å². The molecule has 1 fully saturated rings. The van der Waals surface area contributed by atoms with Gasteiger partial charge in [-0.2, -0.15) is 0 Å². The zero-order chi connectivity index (χ0) is 8.32. The largest absolute Gasteiger partial charge is 0.218 e. The minimum Gasteiger partial charge on any atom is -0.218 e. The maximum atomic E-state index is 11.2. The maximum absolute atomic E-state index is 11.2. The number of hydrogen-bond donors (Lipinski definition) is 1. The van der Waals surface area contributed by atoms with E-state index in [1.54, 1.807) is 0 Å². The molecule has 0 amide bonds. The first kappa shape index (κ1) is 9.00. The van der Waals surface area contributed by atoms with Gasteiger partial charge in [0.15, 0.2) is 0 Å². The molecule has 0 aromatic rings. The minimum absolute atomic E-state index is 0.124. The lowest BCUT2D eigenvalue weighted by Gasteiger charge is -2.20. The Morgan fingerprint density at radius 2 is 1.73 bits per heavy atom. The molecular formula is C7H15NO2S. The van der Waals surface area contributed by atoms with Gasteiger partial charge < -0.3 is 0 Å². The van der Waals surface area contributed by atoms with Gasteiger partial charge in [0.25, 0.3) is 0 Å². The molecule has 0 saturated heterocycles. The number of hydrogen-bond acceptors (Lipinski definition) is 2. The molecule has 0 aromatic carbocycles. The van der Waals surface area contributed by atoms with Gasteiger partial charge in [-0.3, -0.25) is 0 Å². The molecule has 0 radical (unpaired) electrons. The average molecular weight is 177 g/mol. The van der Waals surface area contributed by atoms with Gasteiger partial charge in [-0.15, -0.1) is 0 Å². The van der Waals surface area contributed by atoms with Crippen molar-refractivity contribution < 1.29 is 8.42 Å². The van der Waals surface area contributed by atoms with Crippen molar-refractivity contribution >= 4 is 10.0 Å². The molecule has 11 heavy (non-hydrogen) atoms. The SMILES string of the molecule is CNS(=O)(=O)C1CCCCC1. The van der Waals surface area contributed by atoms with Gasteiger partial charge in [0.2, 0.25) is 10.0 Å². The number of nitrogens with one attached hydrogen (secondary N) is 1. The monoisotopic (exact) mass is 177 g/mol. The molecule has 3 nitrogen and oxygen atoms in total. The van der Waals surface area contributed by atoms with Gasteiger partial charge in [-0.05, 0) is 19.9 Å². The van der Waals surface area contributed by atoms with Crippen LogP contribution in [0.5, 0.6) is 0 Å². The first-order valence-electron chi connectivity index (χ1n) is 4.09. The summed E-state index contributed by atoms with van der Waals surface area (Å²) in [6.45, 7) is 0. The summed E-state index contributed by atoms with van der Waals surface area (Å²) in [5.41, 5.74) is 0. The predicted molar refractivity (Wildman–Crippen MR) is 44.9 cm³/mol. The molecule has 1 rings (SSSR count). The van der Waals surface area contributed by atoms with Crippen LogP contribution in [0.1, 0.15) is 32.1 Å². The van der Waals surface area contributed by atoms with Crippen molar-refractivity contribution in [3.63, 3.8) is 0 Å². The second-order valence-corrected chi connectivity index (χ2v) is 5.17. The molecule has 0 atom stereocenters. The molecule has 0 aromatic heterocycles. The quantitative estimate of drug-likeness (QED) is 0.680. The highest BCUT2D eigenvalue weighted by atomic mass is 32.2. The Balaban J connectivity index is 2.58. The van der Waals surface area contributed by atoms with Crippen LogP contribution in [0.25, 0.3) is 0 Å². The summed E-state index contributed by atoms with van der Waals surface area (Å²) in [6, 6.07) is 0. The molecule has 1 saturated carbocycles. The molecule has 4 heteroatoms. The van der Waals surface area contributed by atoms with E-state index >= 15 is 0 Å². The molecule has 66 valence electrons. The molecule has 0 unspecified atom stereocenters. The zero-order valence-electron chi connectivity index (χ0n) is 6.84. The zero-order valence-corrected chi connectivity index (χ0v) is 7.65. The maximum Gasteiger partial charge on any atom is 0.214 e. The Bertz CT molecular complexity index is 204. The predicted octanol–water partition coefficient (Wildman–Crippen LogP) is 0.868. The summed E-state index contributed by atoms with van der Waals surface area (Å²) in [6.07, 6.45) is 4.99. The van der Waals surface area contributed by atoms with Crippen LogP contribution in [0.15, 0.2) is 0 Å². The average Bonchev–Trinajstić information content (AvgIpc) is 2.06. The Morgan fingerprint density at radius 3 is 2.18 bits per heavy atom. The van der Waals surface area contributed by atoms with Crippen LogP contribution in [0.2, 0.25) is 0 Å². The Labute approximate surface area is 68.2 Å². The van der Waals surface area contributed by atoms with Crippen LogP contribution in [-0.2, 0) is 10.0 Å². The van der Waals surface area contributed by atoms with Crippen LogP contribution in [-0.4, -0.2) is 20.7 Å². The lowest BCUT2D eigenvalue weighted by molar-refractivity contribution is 0.480. The van der Waals surface area contributed by atoms with Crippen LogP contribution in [0.4, 0.5) is 0 Å². The lowest BCUT2D eigenvalue weighted by Crippen LogP contribution is -2.33. The fourth-order valence-corrected chi connectivity index (χ4v) is 2.83. The molecule has 1 aliphatic rings. The highest BCUT2D eigenvalue weighted by Gasteiger charge is 2.25. The van der Waals surface area contributed by atoms with E-state index in [-0.39, 0.29) is 5.25 Å². The topological polar surface area (TPSA) is 46.2 Å². The smallest absolute Gasteiger partial charge is 0.214 e. The van der Waals surface area contributed by atoms with Crippen molar-refractivity contribution in [1.29, 1.82) is 0 Å². The number of sulfonamides is 1. The minimum atomic E-state index is -2.97. The molecule has 1 aliphatic carbocycles. The van der Waals surface area contributed by atoms with Gasteiger partial charge >= 0.3 is 0 Å². The van der Waals surface area contributed by atoms with Gasteiger partial charge in [0, 0.05) is 0 Å². The molecule has 0 aliphatic heterocycles. The summed E-state index contributed by atoms with van der Waals surface area (Å²) in [5, 5.41) is -0.124. The third-order valence-corrected chi connectivity index (χ3v) is 4.19. The first-order chi connectivity index (χ1) is 5.17. The number of rotatable bonds is 2. The normalized spacial score (nSPS) is 21.9.